The van der Waals surface area contributed by atoms with Gasteiger partial charge in [-0.1, -0.05) is 45.0 Å². The molecule has 1 aromatic carbocycles. The van der Waals surface area contributed by atoms with Gasteiger partial charge in [-0.05, 0) is 49.1 Å². The first-order valence-corrected chi connectivity index (χ1v) is 13.6. The minimum absolute atomic E-state index is 0.214. The number of nitrogens with one attached hydrogen (secondary N) is 1. The topological polar surface area (TPSA) is 106 Å². The number of likely N-dealkylation sites (tertiary alicyclic amines) is 2. The Balaban J connectivity index is 1.44. The van der Waals surface area contributed by atoms with Crippen LogP contribution < -0.4 is 0 Å². The molecule has 8 heteroatoms. The molecule has 0 bridgehead atoms. The molecule has 2 aromatic heterocycles. The summed E-state index contributed by atoms with van der Waals surface area (Å²) in [5.41, 5.74) is 4.00. The molecular formula is C30H39N5O3. The molecule has 0 aliphatic carbocycles. The Labute approximate surface area is 224 Å². The largest absolute Gasteiger partial charge is 0.387 e. The fourth-order valence-corrected chi connectivity index (χ4v) is 6.36. The maximum atomic E-state index is 12.5. The number of aromatic amines is 1. The Morgan fingerprint density at radius 3 is 2.42 bits per heavy atom. The first-order valence-electron chi connectivity index (χ1n) is 13.6. The van der Waals surface area contributed by atoms with Crippen LogP contribution in [0.3, 0.4) is 0 Å². The smallest absolute Gasteiger partial charge is 0.248 e. The highest BCUT2D eigenvalue weighted by molar-refractivity contribution is 5.77. The van der Waals surface area contributed by atoms with E-state index in [1.54, 1.807) is 17.3 Å². The lowest BCUT2D eigenvalue weighted by molar-refractivity contribution is -0.135. The van der Waals surface area contributed by atoms with Crippen LogP contribution in [0, 0.1) is 5.41 Å². The number of piperidine rings is 1. The number of rotatable bonds is 7. The van der Waals surface area contributed by atoms with E-state index in [1.807, 2.05) is 6.07 Å². The molecule has 4 heterocycles. The number of hydrogen-bond acceptors (Lipinski definition) is 6. The molecule has 3 N–H and O–H groups in total. The number of aromatic nitrogens is 3. The summed E-state index contributed by atoms with van der Waals surface area (Å²) >= 11 is 0. The fourth-order valence-electron chi connectivity index (χ4n) is 6.36. The molecule has 0 radical (unpaired) electrons. The standard InChI is InChI=1S/C30H39N5O3/c1-20(2)21-5-7-24(8-6-21)30(38,29(3)18-34(4)19-29)25-13-23(15-31-16-25)27-14-26(32-33-27)22-9-11-35(12-10-22)28(37)17-36/h5-8,13-16,20,22,36,38H,9-12,17-19H2,1-4H3,(H,32,33)/t30-/m0/s1. The van der Waals surface area contributed by atoms with Crippen LogP contribution in [0.4, 0.5) is 0 Å². The van der Waals surface area contributed by atoms with Crippen molar-refractivity contribution >= 4 is 5.91 Å². The van der Waals surface area contributed by atoms with Gasteiger partial charge < -0.3 is 20.0 Å². The fraction of sp³-hybridized carbons (Fsp3) is 0.500. The zero-order valence-corrected chi connectivity index (χ0v) is 22.8. The van der Waals surface area contributed by atoms with E-state index in [-0.39, 0.29) is 17.2 Å². The van der Waals surface area contributed by atoms with Crippen LogP contribution in [-0.2, 0) is 10.4 Å². The number of nitrogens with zero attached hydrogens (tertiary/aromatic N) is 4. The molecule has 0 unspecified atom stereocenters. The van der Waals surface area contributed by atoms with Gasteiger partial charge in [0, 0.05) is 66.7 Å². The molecule has 2 aliphatic heterocycles. The summed E-state index contributed by atoms with van der Waals surface area (Å²) in [7, 11) is 2.08. The van der Waals surface area contributed by atoms with Crippen molar-refractivity contribution in [2.75, 3.05) is 39.8 Å². The van der Waals surface area contributed by atoms with Gasteiger partial charge in [-0.2, -0.15) is 5.10 Å². The number of aliphatic hydroxyl groups is 2. The maximum Gasteiger partial charge on any atom is 0.248 e. The van der Waals surface area contributed by atoms with Crippen LogP contribution >= 0.6 is 0 Å². The average Bonchev–Trinajstić information content (AvgIpc) is 3.42. The summed E-state index contributed by atoms with van der Waals surface area (Å²) in [6.45, 7) is 8.88. The molecular weight excluding hydrogens is 478 g/mol. The van der Waals surface area contributed by atoms with Crippen molar-refractivity contribution in [2.24, 2.45) is 5.41 Å². The summed E-state index contributed by atoms with van der Waals surface area (Å²) in [6, 6.07) is 12.4. The number of carbonyl (C=O) groups excluding carboxylic acids is 1. The number of amides is 1. The number of carbonyl (C=O) groups is 1. The number of H-pyrrole nitrogens is 1. The van der Waals surface area contributed by atoms with Gasteiger partial charge in [0.15, 0.2) is 0 Å². The van der Waals surface area contributed by atoms with E-state index in [0.29, 0.717) is 19.0 Å². The highest BCUT2D eigenvalue weighted by atomic mass is 16.3. The Morgan fingerprint density at radius 2 is 1.82 bits per heavy atom. The lowest BCUT2D eigenvalue weighted by atomic mass is 9.62. The van der Waals surface area contributed by atoms with Gasteiger partial charge in [-0.25, -0.2) is 0 Å². The van der Waals surface area contributed by atoms with Crippen LogP contribution in [-0.4, -0.2) is 80.9 Å². The first kappa shape index (κ1) is 26.5. The van der Waals surface area contributed by atoms with Crippen molar-refractivity contribution in [3.8, 4) is 11.3 Å². The number of aliphatic hydroxyl groups excluding tert-OH is 1. The quantitative estimate of drug-likeness (QED) is 0.443. The molecule has 202 valence electrons. The van der Waals surface area contributed by atoms with Crippen molar-refractivity contribution < 1.29 is 15.0 Å². The first-order chi connectivity index (χ1) is 18.1. The van der Waals surface area contributed by atoms with Crippen molar-refractivity contribution in [3.05, 3.63) is 71.2 Å². The number of benzene rings is 1. The van der Waals surface area contributed by atoms with Gasteiger partial charge in [0.05, 0.1) is 5.69 Å². The minimum Gasteiger partial charge on any atom is -0.387 e. The molecule has 5 rings (SSSR count). The third kappa shape index (κ3) is 4.65. The molecule has 0 spiro atoms. The highest BCUT2D eigenvalue weighted by Gasteiger charge is 2.55. The molecule has 2 saturated heterocycles. The molecule has 1 atom stereocenters. The van der Waals surface area contributed by atoms with Gasteiger partial charge in [-0.3, -0.25) is 14.9 Å². The minimum atomic E-state index is -1.21. The second kappa shape index (κ2) is 10.2. The summed E-state index contributed by atoms with van der Waals surface area (Å²) in [6.07, 6.45) is 5.22. The summed E-state index contributed by atoms with van der Waals surface area (Å²) in [5.74, 6) is 0.481. The van der Waals surface area contributed by atoms with Gasteiger partial charge in [0.2, 0.25) is 5.91 Å². The van der Waals surface area contributed by atoms with Gasteiger partial charge in [-0.15, -0.1) is 0 Å². The van der Waals surface area contributed by atoms with Crippen LogP contribution in [0.2, 0.25) is 0 Å². The summed E-state index contributed by atoms with van der Waals surface area (Å²) in [4.78, 5) is 20.3. The van der Waals surface area contributed by atoms with E-state index in [9.17, 15) is 9.90 Å². The lowest BCUT2D eigenvalue weighted by Crippen LogP contribution is -2.63. The Morgan fingerprint density at radius 1 is 1.13 bits per heavy atom. The van der Waals surface area contributed by atoms with E-state index in [1.165, 1.54) is 5.56 Å². The van der Waals surface area contributed by atoms with E-state index in [4.69, 9.17) is 5.11 Å². The van der Waals surface area contributed by atoms with Gasteiger partial charge >= 0.3 is 0 Å². The molecule has 0 saturated carbocycles. The van der Waals surface area contributed by atoms with Gasteiger partial charge in [0.1, 0.15) is 12.2 Å². The predicted molar refractivity (Wildman–Crippen MR) is 147 cm³/mol. The lowest BCUT2D eigenvalue weighted by Gasteiger charge is -2.55. The van der Waals surface area contributed by atoms with Crippen molar-refractivity contribution in [1.29, 1.82) is 0 Å². The van der Waals surface area contributed by atoms with Crippen LogP contribution in [0.1, 0.15) is 67.8 Å². The molecule has 38 heavy (non-hydrogen) atoms. The summed E-state index contributed by atoms with van der Waals surface area (Å²) < 4.78 is 0. The van der Waals surface area contributed by atoms with Crippen molar-refractivity contribution in [3.63, 3.8) is 0 Å². The highest BCUT2D eigenvalue weighted by Crippen LogP contribution is 2.50. The molecule has 2 aliphatic rings. The van der Waals surface area contributed by atoms with Crippen molar-refractivity contribution in [2.45, 2.75) is 51.0 Å². The summed E-state index contributed by atoms with van der Waals surface area (Å²) in [5, 5.41) is 29.4. The van der Waals surface area contributed by atoms with E-state index in [0.717, 1.165) is 54.0 Å². The Bertz CT molecular complexity index is 1270. The van der Waals surface area contributed by atoms with Gasteiger partial charge in [0.25, 0.3) is 0 Å². The molecule has 2 fully saturated rings. The molecule has 1 amide bonds. The van der Waals surface area contributed by atoms with E-state index >= 15 is 0 Å². The normalized spacial score (nSPS) is 19.8. The maximum absolute atomic E-state index is 12.5. The van der Waals surface area contributed by atoms with E-state index < -0.39 is 12.2 Å². The Hall–Kier alpha value is -3.07. The predicted octanol–water partition coefficient (Wildman–Crippen LogP) is 3.48. The van der Waals surface area contributed by atoms with Crippen LogP contribution in [0.5, 0.6) is 0 Å². The van der Waals surface area contributed by atoms with E-state index in [2.05, 4.69) is 78.2 Å². The third-order valence-corrected chi connectivity index (χ3v) is 8.58. The molecule has 8 nitrogen and oxygen atoms in total. The van der Waals surface area contributed by atoms with Crippen LogP contribution in [0.15, 0.2) is 48.8 Å². The average molecular weight is 518 g/mol. The molecule has 3 aromatic rings. The van der Waals surface area contributed by atoms with Crippen molar-refractivity contribution in [1.82, 2.24) is 25.0 Å². The Kier molecular flexibility index (Phi) is 7.15. The zero-order chi connectivity index (χ0) is 27.1. The third-order valence-electron chi connectivity index (χ3n) is 8.58. The number of pyridine rings is 1. The monoisotopic (exact) mass is 517 g/mol. The van der Waals surface area contributed by atoms with Crippen LogP contribution in [0.25, 0.3) is 11.3 Å². The SMILES string of the molecule is CC(C)c1ccc([C@](O)(c2cncc(-c3cc(C4CCN(C(=O)CO)CC4)[nH]n3)c2)C2(C)CN(C)C2)cc1. The second-order valence-electron chi connectivity index (χ2n) is 11.7. The number of hydrogen-bond donors (Lipinski definition) is 3. The zero-order valence-electron chi connectivity index (χ0n) is 22.8. The second-order valence-corrected chi connectivity index (χ2v) is 11.7.